The van der Waals surface area contributed by atoms with E-state index in [1.807, 2.05) is 0 Å². The van der Waals surface area contributed by atoms with Gasteiger partial charge in [-0.1, -0.05) is 18.2 Å². The van der Waals surface area contributed by atoms with Crippen LogP contribution in [0.2, 0.25) is 0 Å². The fraction of sp³-hybridized carbons (Fsp3) is 0.304. The second-order valence-corrected chi connectivity index (χ2v) is 8.12. The molecule has 1 aliphatic rings. The van der Waals surface area contributed by atoms with Crippen molar-refractivity contribution in [3.8, 4) is 5.69 Å². The van der Waals surface area contributed by atoms with Gasteiger partial charge in [-0.2, -0.15) is 18.3 Å². The molecule has 4 rings (SSSR count). The molecule has 0 bridgehead atoms. The Balaban J connectivity index is 1.53. The SMILES string of the molecule is CC(C(=O)NCc1cc(C(F)(F)F)nn1-c1cccc(F)c1)c1ccc(C2(O)CC2)c(F)c1. The van der Waals surface area contributed by atoms with Crippen LogP contribution in [0.15, 0.2) is 48.5 Å². The Morgan fingerprint density at radius 1 is 1.18 bits per heavy atom. The number of halogens is 5. The number of amides is 1. The van der Waals surface area contributed by atoms with Gasteiger partial charge in [0, 0.05) is 5.56 Å². The van der Waals surface area contributed by atoms with Crippen molar-refractivity contribution in [1.82, 2.24) is 15.1 Å². The Bertz CT molecular complexity index is 1200. The number of nitrogens with zero attached hydrogens (tertiary/aromatic N) is 2. The molecule has 0 spiro atoms. The first-order valence-corrected chi connectivity index (χ1v) is 10.2. The molecule has 174 valence electrons. The van der Waals surface area contributed by atoms with Gasteiger partial charge in [0.1, 0.15) is 11.6 Å². The first-order valence-electron chi connectivity index (χ1n) is 10.2. The van der Waals surface area contributed by atoms with E-state index in [0.717, 1.165) is 22.9 Å². The van der Waals surface area contributed by atoms with Crippen molar-refractivity contribution in [2.24, 2.45) is 0 Å². The molecular formula is C23H20F5N3O2. The number of nitrogens with one attached hydrogen (secondary N) is 1. The van der Waals surface area contributed by atoms with E-state index in [9.17, 15) is 31.9 Å². The summed E-state index contributed by atoms with van der Waals surface area (Å²) in [6, 6.07) is 9.83. The summed E-state index contributed by atoms with van der Waals surface area (Å²) in [7, 11) is 0. The van der Waals surface area contributed by atoms with Gasteiger partial charge >= 0.3 is 6.18 Å². The van der Waals surface area contributed by atoms with Crippen LogP contribution in [0.1, 0.15) is 48.2 Å². The molecule has 1 heterocycles. The lowest BCUT2D eigenvalue weighted by Crippen LogP contribution is -2.28. The van der Waals surface area contributed by atoms with Gasteiger partial charge in [0.05, 0.1) is 29.4 Å². The monoisotopic (exact) mass is 465 g/mol. The van der Waals surface area contributed by atoms with Crippen LogP contribution in [0.25, 0.3) is 5.69 Å². The van der Waals surface area contributed by atoms with E-state index in [-0.39, 0.29) is 23.5 Å². The van der Waals surface area contributed by atoms with Crippen molar-refractivity contribution in [3.63, 3.8) is 0 Å². The number of benzene rings is 2. The van der Waals surface area contributed by atoms with Gasteiger partial charge < -0.3 is 10.4 Å². The summed E-state index contributed by atoms with van der Waals surface area (Å²) in [5.74, 6) is -2.63. The molecule has 0 aliphatic heterocycles. The van der Waals surface area contributed by atoms with Crippen LogP contribution >= 0.6 is 0 Å². The number of aromatic nitrogens is 2. The van der Waals surface area contributed by atoms with Crippen LogP contribution in [-0.4, -0.2) is 20.8 Å². The second kappa shape index (κ2) is 8.26. The van der Waals surface area contributed by atoms with Crippen LogP contribution < -0.4 is 5.32 Å². The number of rotatable bonds is 6. The number of aliphatic hydroxyl groups is 1. The van der Waals surface area contributed by atoms with Crippen molar-refractivity contribution in [1.29, 1.82) is 0 Å². The highest BCUT2D eigenvalue weighted by Gasteiger charge is 2.44. The summed E-state index contributed by atoms with van der Waals surface area (Å²) in [6.45, 7) is 1.21. The van der Waals surface area contributed by atoms with Crippen molar-refractivity contribution in [2.75, 3.05) is 0 Å². The largest absolute Gasteiger partial charge is 0.435 e. The number of alkyl halides is 3. The minimum Gasteiger partial charge on any atom is -0.385 e. The first kappa shape index (κ1) is 22.9. The highest BCUT2D eigenvalue weighted by molar-refractivity contribution is 5.83. The molecule has 5 nitrogen and oxygen atoms in total. The van der Waals surface area contributed by atoms with Crippen molar-refractivity contribution in [2.45, 2.75) is 44.0 Å². The molecular weight excluding hydrogens is 445 g/mol. The van der Waals surface area contributed by atoms with Gasteiger partial charge in [0.2, 0.25) is 5.91 Å². The number of carbonyl (C=O) groups is 1. The lowest BCUT2D eigenvalue weighted by Gasteiger charge is -2.16. The average molecular weight is 465 g/mol. The van der Waals surface area contributed by atoms with Gasteiger partial charge in [0.25, 0.3) is 0 Å². The highest BCUT2D eigenvalue weighted by Crippen LogP contribution is 2.46. The van der Waals surface area contributed by atoms with Crippen molar-refractivity contribution >= 4 is 5.91 Å². The molecule has 0 saturated heterocycles. The van der Waals surface area contributed by atoms with Gasteiger partial charge in [-0.05, 0) is 55.7 Å². The molecule has 1 atom stereocenters. The molecule has 1 amide bonds. The molecule has 10 heteroatoms. The minimum atomic E-state index is -4.73. The Hall–Kier alpha value is -3.27. The quantitative estimate of drug-likeness (QED) is 0.524. The van der Waals surface area contributed by atoms with Crippen LogP contribution in [0.4, 0.5) is 22.0 Å². The molecule has 1 unspecified atom stereocenters. The Labute approximate surface area is 185 Å². The average Bonchev–Trinajstić information content (AvgIpc) is 3.33. The van der Waals surface area contributed by atoms with Crippen molar-refractivity contribution in [3.05, 3.63) is 82.7 Å². The van der Waals surface area contributed by atoms with Crippen LogP contribution in [0.5, 0.6) is 0 Å². The summed E-state index contributed by atoms with van der Waals surface area (Å²) >= 11 is 0. The Morgan fingerprint density at radius 2 is 1.91 bits per heavy atom. The molecule has 1 aromatic heterocycles. The highest BCUT2D eigenvalue weighted by atomic mass is 19.4. The minimum absolute atomic E-state index is 0.00837. The zero-order valence-electron chi connectivity index (χ0n) is 17.5. The van der Waals surface area contributed by atoms with Gasteiger partial charge in [-0.15, -0.1) is 0 Å². The molecule has 1 saturated carbocycles. The van der Waals surface area contributed by atoms with E-state index in [1.165, 1.54) is 37.3 Å². The van der Waals surface area contributed by atoms with E-state index >= 15 is 0 Å². The lowest BCUT2D eigenvalue weighted by molar-refractivity contribution is -0.141. The molecule has 2 aromatic carbocycles. The predicted octanol–water partition coefficient (Wildman–Crippen LogP) is 4.57. The normalized spacial score (nSPS) is 15.8. The second-order valence-electron chi connectivity index (χ2n) is 8.12. The third-order valence-electron chi connectivity index (χ3n) is 5.68. The maximum atomic E-state index is 14.4. The maximum absolute atomic E-state index is 14.4. The molecule has 3 aromatic rings. The fourth-order valence-electron chi connectivity index (χ4n) is 3.56. The molecule has 1 fully saturated rings. The summed E-state index contributed by atoms with van der Waals surface area (Å²) in [6.07, 6.45) is -3.79. The summed E-state index contributed by atoms with van der Waals surface area (Å²) in [5, 5.41) is 16.2. The van der Waals surface area contributed by atoms with E-state index in [4.69, 9.17) is 0 Å². The number of carbonyl (C=O) groups excluding carboxylic acids is 1. The van der Waals surface area contributed by atoms with Crippen molar-refractivity contribution < 1.29 is 31.9 Å². The summed E-state index contributed by atoms with van der Waals surface area (Å²) in [4.78, 5) is 12.6. The van der Waals surface area contributed by atoms with Gasteiger partial charge in [0.15, 0.2) is 5.69 Å². The topological polar surface area (TPSA) is 67.2 Å². The number of hydrogen-bond donors (Lipinski definition) is 2. The van der Waals surface area contributed by atoms with E-state index in [0.29, 0.717) is 18.4 Å². The van der Waals surface area contributed by atoms with E-state index in [2.05, 4.69) is 10.4 Å². The predicted molar refractivity (Wildman–Crippen MR) is 108 cm³/mol. The van der Waals surface area contributed by atoms with Crippen LogP contribution in [-0.2, 0) is 23.1 Å². The van der Waals surface area contributed by atoms with Gasteiger partial charge in [-0.3, -0.25) is 4.79 Å². The van der Waals surface area contributed by atoms with E-state index in [1.54, 1.807) is 0 Å². The van der Waals surface area contributed by atoms with Crippen LogP contribution in [0, 0.1) is 11.6 Å². The first-order chi connectivity index (χ1) is 15.5. The molecule has 1 aliphatic carbocycles. The smallest absolute Gasteiger partial charge is 0.385 e. The maximum Gasteiger partial charge on any atom is 0.435 e. The molecule has 0 radical (unpaired) electrons. The van der Waals surface area contributed by atoms with E-state index < -0.39 is 40.9 Å². The molecule has 2 N–H and O–H groups in total. The Morgan fingerprint density at radius 3 is 2.52 bits per heavy atom. The zero-order chi connectivity index (χ0) is 24.0. The standard InChI is InChI=1S/C23H20F5N3O2/c1-13(14-5-6-18(19(25)9-14)22(33)7-8-22)21(32)29-12-17-11-20(23(26,27)28)30-31(17)16-4-2-3-15(24)10-16/h2-6,9-11,13,33H,7-8,12H2,1H3,(H,29,32). The number of hydrogen-bond acceptors (Lipinski definition) is 3. The fourth-order valence-corrected chi connectivity index (χ4v) is 3.56. The Kier molecular flexibility index (Phi) is 5.73. The van der Waals surface area contributed by atoms with Gasteiger partial charge in [-0.25, -0.2) is 13.5 Å². The molecule has 33 heavy (non-hydrogen) atoms. The lowest BCUT2D eigenvalue weighted by atomic mass is 9.96. The van der Waals surface area contributed by atoms with Crippen LogP contribution in [0.3, 0.4) is 0 Å². The zero-order valence-corrected chi connectivity index (χ0v) is 17.5. The summed E-state index contributed by atoms with van der Waals surface area (Å²) < 4.78 is 68.5. The third kappa shape index (κ3) is 4.75. The third-order valence-corrected chi connectivity index (χ3v) is 5.68. The summed E-state index contributed by atoms with van der Waals surface area (Å²) in [5.41, 5.74) is -1.74.